The van der Waals surface area contributed by atoms with Gasteiger partial charge in [-0.1, -0.05) is 48.5 Å². The molecule has 8 rings (SSSR count). The van der Waals surface area contributed by atoms with E-state index in [1.165, 1.54) is 0 Å². The summed E-state index contributed by atoms with van der Waals surface area (Å²) in [5.41, 5.74) is 6.35. The van der Waals surface area contributed by atoms with Gasteiger partial charge in [-0.25, -0.2) is 0 Å². The summed E-state index contributed by atoms with van der Waals surface area (Å²) in [6.45, 7) is 0.526. The van der Waals surface area contributed by atoms with Gasteiger partial charge in [0.2, 0.25) is 0 Å². The van der Waals surface area contributed by atoms with E-state index in [0.717, 1.165) is 44.3 Å². The highest BCUT2D eigenvalue weighted by Crippen LogP contribution is 2.44. The van der Waals surface area contributed by atoms with E-state index in [-0.39, 0.29) is 30.7 Å². The molecule has 0 aliphatic carbocycles. The Morgan fingerprint density at radius 2 is 1.00 bits per heavy atom. The van der Waals surface area contributed by atoms with Gasteiger partial charge in [0, 0.05) is 73.1 Å². The van der Waals surface area contributed by atoms with Crippen molar-refractivity contribution in [2.24, 2.45) is 14.1 Å². The van der Waals surface area contributed by atoms with E-state index in [2.05, 4.69) is 0 Å². The molecule has 2 aliphatic heterocycles. The van der Waals surface area contributed by atoms with Crippen LogP contribution in [-0.4, -0.2) is 39.8 Å². The third-order valence-corrected chi connectivity index (χ3v) is 9.38. The first-order valence-electron chi connectivity index (χ1n) is 14.8. The number of hydrogen-bond donors (Lipinski definition) is 0. The predicted octanol–water partition coefficient (Wildman–Crippen LogP) is 6.43. The van der Waals surface area contributed by atoms with Gasteiger partial charge < -0.3 is 18.9 Å². The summed E-state index contributed by atoms with van der Waals surface area (Å²) < 4.78 is 4.00. The molecule has 7 heteroatoms. The molecule has 0 saturated heterocycles. The van der Waals surface area contributed by atoms with Crippen molar-refractivity contribution < 1.29 is 14.4 Å². The lowest BCUT2D eigenvalue weighted by Gasteiger charge is -2.20. The van der Waals surface area contributed by atoms with Crippen LogP contribution in [0.2, 0.25) is 0 Å². The number of fused-ring (bicyclic) bond motifs is 4. The average molecular weight is 579 g/mol. The molecule has 2 aliphatic rings. The fraction of sp³-hybridized carbons (Fsp3) is 0.162. The zero-order chi connectivity index (χ0) is 30.1. The van der Waals surface area contributed by atoms with E-state index in [1.54, 1.807) is 9.80 Å². The zero-order valence-corrected chi connectivity index (χ0v) is 24.5. The lowest BCUT2D eigenvalue weighted by molar-refractivity contribution is -0.121. The number of nitrogens with zero attached hydrogens (tertiary/aromatic N) is 4. The molecular weight excluding hydrogens is 548 g/mol. The number of ketones is 1. The number of hydrogen-bond acceptors (Lipinski definition) is 3. The third kappa shape index (κ3) is 3.93. The third-order valence-electron chi connectivity index (χ3n) is 9.38. The monoisotopic (exact) mass is 578 g/mol. The summed E-state index contributed by atoms with van der Waals surface area (Å²) in [4.78, 5) is 45.8. The maximum atomic E-state index is 14.5. The minimum absolute atomic E-state index is 0.0197. The van der Waals surface area contributed by atoms with Gasteiger partial charge in [-0.05, 0) is 70.4 Å². The summed E-state index contributed by atoms with van der Waals surface area (Å²) in [6.07, 6.45) is 3.96. The Kier molecular flexibility index (Phi) is 5.84. The van der Waals surface area contributed by atoms with Gasteiger partial charge in [-0.3, -0.25) is 14.4 Å². The lowest BCUT2D eigenvalue weighted by atomic mass is 9.86. The molecule has 7 nitrogen and oxygen atoms in total. The van der Waals surface area contributed by atoms with Crippen LogP contribution < -0.4 is 9.80 Å². The molecule has 2 unspecified atom stereocenters. The summed E-state index contributed by atoms with van der Waals surface area (Å²) in [5, 5.41) is 2.14. The van der Waals surface area contributed by atoms with Crippen LogP contribution >= 0.6 is 0 Å². The van der Waals surface area contributed by atoms with Crippen LogP contribution in [0.15, 0.2) is 109 Å². The maximum Gasteiger partial charge on any atom is 0.258 e. The van der Waals surface area contributed by atoms with Crippen LogP contribution in [0.1, 0.15) is 43.7 Å². The Balaban J connectivity index is 1.11. The SMILES string of the molecule is Cn1ccc2ccc(C(=O)N3CC(C(=O)C4CN(C(=O)c5ccc6ccn(C)c6c5)c5ccccc54)c4ccccc43)cc21. The number of benzene rings is 4. The minimum Gasteiger partial charge on any atom is -0.351 e. The average Bonchev–Trinajstić information content (AvgIpc) is 3.83. The second kappa shape index (κ2) is 9.81. The van der Waals surface area contributed by atoms with E-state index in [1.807, 2.05) is 133 Å². The number of rotatable bonds is 4. The van der Waals surface area contributed by atoms with Crippen molar-refractivity contribution in [1.82, 2.24) is 9.13 Å². The Hall–Kier alpha value is -5.43. The summed E-state index contributed by atoms with van der Waals surface area (Å²) >= 11 is 0. The van der Waals surface area contributed by atoms with Crippen LogP contribution in [0.5, 0.6) is 0 Å². The van der Waals surface area contributed by atoms with Gasteiger partial charge in [0.05, 0.1) is 11.8 Å². The highest BCUT2D eigenvalue weighted by atomic mass is 16.2. The largest absolute Gasteiger partial charge is 0.351 e. The molecule has 4 aromatic carbocycles. The van der Waals surface area contributed by atoms with Crippen molar-refractivity contribution in [3.63, 3.8) is 0 Å². The Labute approximate surface area is 254 Å². The molecule has 2 amide bonds. The zero-order valence-electron chi connectivity index (χ0n) is 24.5. The van der Waals surface area contributed by atoms with Crippen molar-refractivity contribution in [2.75, 3.05) is 22.9 Å². The lowest BCUT2D eigenvalue weighted by Crippen LogP contribution is -2.34. The number of para-hydroxylation sites is 2. The van der Waals surface area contributed by atoms with Crippen LogP contribution in [0.25, 0.3) is 21.8 Å². The molecule has 2 atom stereocenters. The highest BCUT2D eigenvalue weighted by Gasteiger charge is 2.44. The molecule has 216 valence electrons. The van der Waals surface area contributed by atoms with Gasteiger partial charge in [-0.15, -0.1) is 0 Å². The molecule has 0 N–H and O–H groups in total. The first-order valence-corrected chi connectivity index (χ1v) is 14.8. The van der Waals surface area contributed by atoms with Gasteiger partial charge >= 0.3 is 0 Å². The van der Waals surface area contributed by atoms with E-state index < -0.39 is 11.8 Å². The molecule has 0 radical (unpaired) electrons. The summed E-state index contributed by atoms with van der Waals surface area (Å²) in [6, 6.07) is 30.9. The molecule has 4 heterocycles. The number of aromatic nitrogens is 2. The fourth-order valence-electron chi connectivity index (χ4n) is 7.03. The fourth-order valence-corrected chi connectivity index (χ4v) is 7.03. The number of anilines is 2. The Morgan fingerprint density at radius 1 is 0.568 bits per heavy atom. The van der Waals surface area contributed by atoms with E-state index in [9.17, 15) is 14.4 Å². The number of aryl methyl sites for hydroxylation is 2. The molecule has 2 aromatic heterocycles. The topological polar surface area (TPSA) is 67.6 Å². The van der Waals surface area contributed by atoms with Crippen LogP contribution in [-0.2, 0) is 18.9 Å². The summed E-state index contributed by atoms with van der Waals surface area (Å²) in [5.74, 6) is -1.24. The molecular formula is C37H30N4O3. The molecule has 0 bridgehead atoms. The van der Waals surface area contributed by atoms with E-state index >= 15 is 0 Å². The first-order chi connectivity index (χ1) is 21.4. The second-order valence-electron chi connectivity index (χ2n) is 11.9. The molecule has 6 aromatic rings. The van der Waals surface area contributed by atoms with Gasteiger partial charge in [0.25, 0.3) is 11.8 Å². The standard InChI is InChI=1S/C37H30N4O3/c1-38-17-15-23-11-13-25(19-33(23)38)36(43)40-21-29(27-7-3-5-9-31(27)40)35(42)30-22-41(32-10-6-4-8-28(30)32)37(44)26-14-12-24-16-18-39(2)34(24)20-26/h3-20,29-30H,21-22H2,1-2H3. The van der Waals surface area contributed by atoms with Crippen molar-refractivity contribution in [3.05, 3.63) is 132 Å². The molecule has 0 spiro atoms. The van der Waals surface area contributed by atoms with E-state index in [0.29, 0.717) is 11.1 Å². The molecule has 0 fully saturated rings. The number of carbonyl (C=O) groups is 3. The normalized spacial score (nSPS) is 17.3. The molecule has 0 saturated carbocycles. The van der Waals surface area contributed by atoms with Crippen molar-refractivity contribution in [3.8, 4) is 0 Å². The predicted molar refractivity (Wildman–Crippen MR) is 173 cm³/mol. The van der Waals surface area contributed by atoms with Crippen molar-refractivity contribution >= 4 is 50.8 Å². The van der Waals surface area contributed by atoms with Gasteiger partial charge in [0.15, 0.2) is 5.78 Å². The summed E-state index contributed by atoms with van der Waals surface area (Å²) in [7, 11) is 3.92. The van der Waals surface area contributed by atoms with Crippen LogP contribution in [0.4, 0.5) is 11.4 Å². The molecule has 44 heavy (non-hydrogen) atoms. The van der Waals surface area contributed by atoms with Crippen molar-refractivity contribution in [1.29, 1.82) is 0 Å². The highest BCUT2D eigenvalue weighted by molar-refractivity contribution is 6.13. The van der Waals surface area contributed by atoms with Crippen molar-refractivity contribution in [2.45, 2.75) is 11.8 Å². The smallest absolute Gasteiger partial charge is 0.258 e. The Morgan fingerprint density at radius 3 is 1.45 bits per heavy atom. The second-order valence-corrected chi connectivity index (χ2v) is 11.9. The van der Waals surface area contributed by atoms with Crippen LogP contribution in [0, 0.1) is 0 Å². The number of Topliss-reactive ketones (excluding diaryl/α,β-unsaturated/α-hetero) is 1. The Bertz CT molecular complexity index is 2000. The quantitative estimate of drug-likeness (QED) is 0.242. The first kappa shape index (κ1) is 26.2. The minimum atomic E-state index is -0.498. The van der Waals surface area contributed by atoms with E-state index in [4.69, 9.17) is 0 Å². The maximum absolute atomic E-state index is 14.5. The van der Waals surface area contributed by atoms with Gasteiger partial charge in [-0.2, -0.15) is 0 Å². The number of carbonyl (C=O) groups excluding carboxylic acids is 3. The number of amides is 2. The van der Waals surface area contributed by atoms with Gasteiger partial charge in [0.1, 0.15) is 0 Å². The van der Waals surface area contributed by atoms with Crippen LogP contribution in [0.3, 0.4) is 0 Å².